The molecule has 88 valence electrons. The molecule has 1 aromatic rings. The average Bonchev–Trinajstić information content (AvgIpc) is 3.00. The van der Waals surface area contributed by atoms with Crippen molar-refractivity contribution in [1.29, 1.82) is 0 Å². The molecule has 1 aromatic carbocycles. The van der Waals surface area contributed by atoms with Crippen molar-refractivity contribution < 1.29 is 9.84 Å². The summed E-state index contributed by atoms with van der Waals surface area (Å²) in [7, 11) is 0. The zero-order valence-corrected chi connectivity index (χ0v) is 10.1. The lowest BCUT2D eigenvalue weighted by molar-refractivity contribution is 0.265. The summed E-state index contributed by atoms with van der Waals surface area (Å²) < 4.78 is 5.55. The first-order valence-corrected chi connectivity index (χ1v) is 6.05. The SMILES string of the molecule is CCCOc1ccc(C2(C)CC2CO)cc1. The van der Waals surface area contributed by atoms with Crippen molar-refractivity contribution in [2.24, 2.45) is 5.92 Å². The van der Waals surface area contributed by atoms with Gasteiger partial charge in [-0.05, 0) is 41.9 Å². The fourth-order valence-corrected chi connectivity index (χ4v) is 2.22. The highest BCUT2D eigenvalue weighted by Gasteiger charge is 2.50. The Morgan fingerprint density at radius 1 is 1.38 bits per heavy atom. The summed E-state index contributed by atoms with van der Waals surface area (Å²) in [6.45, 7) is 5.39. The quantitative estimate of drug-likeness (QED) is 0.826. The summed E-state index contributed by atoms with van der Waals surface area (Å²) in [6.07, 6.45) is 2.13. The molecular formula is C14H20O2. The predicted octanol–water partition coefficient (Wildman–Crippen LogP) is 2.75. The minimum absolute atomic E-state index is 0.192. The average molecular weight is 220 g/mol. The summed E-state index contributed by atoms with van der Waals surface area (Å²) in [5, 5.41) is 9.15. The van der Waals surface area contributed by atoms with Crippen molar-refractivity contribution >= 4 is 0 Å². The molecule has 1 saturated carbocycles. The number of ether oxygens (including phenoxy) is 1. The lowest BCUT2D eigenvalue weighted by Crippen LogP contribution is -2.06. The molecule has 16 heavy (non-hydrogen) atoms. The van der Waals surface area contributed by atoms with Crippen molar-refractivity contribution in [3.8, 4) is 5.75 Å². The third kappa shape index (κ3) is 2.07. The lowest BCUT2D eigenvalue weighted by atomic mass is 9.96. The maximum atomic E-state index is 9.15. The standard InChI is InChI=1S/C14H20O2/c1-3-8-16-13-6-4-11(5-7-13)14(2)9-12(14)10-15/h4-7,12,15H,3,8-10H2,1-2H3. The van der Waals surface area contributed by atoms with E-state index in [2.05, 4.69) is 26.0 Å². The molecule has 0 aliphatic heterocycles. The van der Waals surface area contributed by atoms with Crippen LogP contribution in [0.3, 0.4) is 0 Å². The third-order valence-corrected chi connectivity index (χ3v) is 3.62. The van der Waals surface area contributed by atoms with Crippen LogP contribution >= 0.6 is 0 Å². The molecule has 0 spiro atoms. The van der Waals surface area contributed by atoms with Crippen molar-refractivity contribution in [3.05, 3.63) is 29.8 Å². The molecule has 0 aromatic heterocycles. The summed E-state index contributed by atoms with van der Waals surface area (Å²) >= 11 is 0. The molecule has 0 radical (unpaired) electrons. The van der Waals surface area contributed by atoms with Crippen LogP contribution in [-0.2, 0) is 5.41 Å². The molecule has 2 heteroatoms. The zero-order valence-electron chi connectivity index (χ0n) is 10.1. The second-order valence-corrected chi connectivity index (χ2v) is 4.87. The maximum Gasteiger partial charge on any atom is 0.119 e. The van der Waals surface area contributed by atoms with E-state index in [-0.39, 0.29) is 5.41 Å². The topological polar surface area (TPSA) is 29.5 Å². The molecule has 0 bridgehead atoms. The smallest absolute Gasteiger partial charge is 0.119 e. The molecule has 0 amide bonds. The van der Waals surface area contributed by atoms with E-state index in [4.69, 9.17) is 9.84 Å². The van der Waals surface area contributed by atoms with Gasteiger partial charge < -0.3 is 9.84 Å². The molecule has 1 aliphatic rings. The zero-order chi connectivity index (χ0) is 11.6. The van der Waals surface area contributed by atoms with Crippen LogP contribution in [0.25, 0.3) is 0 Å². The second-order valence-electron chi connectivity index (χ2n) is 4.87. The van der Waals surface area contributed by atoms with Gasteiger partial charge in [-0.15, -0.1) is 0 Å². The van der Waals surface area contributed by atoms with Crippen molar-refractivity contribution in [2.75, 3.05) is 13.2 Å². The molecule has 1 aliphatic carbocycles. The van der Waals surface area contributed by atoms with E-state index in [9.17, 15) is 0 Å². The van der Waals surface area contributed by atoms with Gasteiger partial charge in [0.2, 0.25) is 0 Å². The Balaban J connectivity index is 2.03. The fraction of sp³-hybridized carbons (Fsp3) is 0.571. The molecule has 0 saturated heterocycles. The first-order chi connectivity index (χ1) is 7.70. The number of benzene rings is 1. The van der Waals surface area contributed by atoms with E-state index in [0.717, 1.165) is 25.2 Å². The second kappa shape index (κ2) is 4.46. The number of hydrogen-bond donors (Lipinski definition) is 1. The first-order valence-electron chi connectivity index (χ1n) is 6.05. The first kappa shape index (κ1) is 11.5. The van der Waals surface area contributed by atoms with Crippen LogP contribution in [0.5, 0.6) is 5.75 Å². The van der Waals surface area contributed by atoms with Gasteiger partial charge in [0, 0.05) is 6.61 Å². The highest BCUT2D eigenvalue weighted by molar-refractivity contribution is 5.36. The van der Waals surface area contributed by atoms with E-state index in [1.807, 2.05) is 12.1 Å². The van der Waals surface area contributed by atoms with Crippen LogP contribution in [0, 0.1) is 5.92 Å². The summed E-state index contributed by atoms with van der Waals surface area (Å²) in [4.78, 5) is 0. The Morgan fingerprint density at radius 2 is 2.06 bits per heavy atom. The van der Waals surface area contributed by atoms with Gasteiger partial charge in [-0.25, -0.2) is 0 Å². The van der Waals surface area contributed by atoms with Gasteiger partial charge >= 0.3 is 0 Å². The monoisotopic (exact) mass is 220 g/mol. The van der Waals surface area contributed by atoms with Crippen LogP contribution in [-0.4, -0.2) is 18.3 Å². The Labute approximate surface area is 97.3 Å². The Morgan fingerprint density at radius 3 is 2.56 bits per heavy atom. The normalized spacial score (nSPS) is 27.8. The van der Waals surface area contributed by atoms with Gasteiger partial charge in [0.15, 0.2) is 0 Å². The van der Waals surface area contributed by atoms with Gasteiger partial charge in [0.25, 0.3) is 0 Å². The van der Waals surface area contributed by atoms with Gasteiger partial charge in [0.1, 0.15) is 5.75 Å². The number of rotatable bonds is 5. The Hall–Kier alpha value is -1.02. The van der Waals surface area contributed by atoms with Gasteiger partial charge in [0.05, 0.1) is 6.61 Å². The third-order valence-electron chi connectivity index (χ3n) is 3.62. The minimum Gasteiger partial charge on any atom is -0.494 e. The Bertz CT molecular complexity index is 344. The van der Waals surface area contributed by atoms with Crippen LogP contribution in [0.2, 0.25) is 0 Å². The molecular weight excluding hydrogens is 200 g/mol. The van der Waals surface area contributed by atoms with Gasteiger partial charge in [-0.3, -0.25) is 0 Å². The molecule has 2 atom stereocenters. The van der Waals surface area contributed by atoms with Crippen LogP contribution < -0.4 is 4.74 Å². The summed E-state index contributed by atoms with van der Waals surface area (Å²) in [5.41, 5.74) is 1.51. The fourth-order valence-electron chi connectivity index (χ4n) is 2.22. The minimum atomic E-state index is 0.192. The van der Waals surface area contributed by atoms with E-state index in [0.29, 0.717) is 12.5 Å². The molecule has 1 N–H and O–H groups in total. The Kier molecular flexibility index (Phi) is 3.20. The molecule has 2 rings (SSSR count). The van der Waals surface area contributed by atoms with E-state index >= 15 is 0 Å². The molecule has 2 nitrogen and oxygen atoms in total. The van der Waals surface area contributed by atoms with E-state index < -0.39 is 0 Å². The highest BCUT2D eigenvalue weighted by atomic mass is 16.5. The molecule has 2 unspecified atom stereocenters. The highest BCUT2D eigenvalue weighted by Crippen LogP contribution is 2.53. The molecule has 1 fully saturated rings. The lowest BCUT2D eigenvalue weighted by Gasteiger charge is -2.12. The van der Waals surface area contributed by atoms with Crippen LogP contribution in [0.4, 0.5) is 0 Å². The van der Waals surface area contributed by atoms with Crippen LogP contribution in [0.15, 0.2) is 24.3 Å². The van der Waals surface area contributed by atoms with E-state index in [1.54, 1.807) is 0 Å². The number of aliphatic hydroxyl groups excluding tert-OH is 1. The van der Waals surface area contributed by atoms with Crippen molar-refractivity contribution in [1.82, 2.24) is 0 Å². The predicted molar refractivity (Wildman–Crippen MR) is 64.8 cm³/mol. The van der Waals surface area contributed by atoms with E-state index in [1.165, 1.54) is 5.56 Å². The maximum absolute atomic E-state index is 9.15. The number of aliphatic hydroxyl groups is 1. The van der Waals surface area contributed by atoms with Gasteiger partial charge in [-0.1, -0.05) is 26.0 Å². The van der Waals surface area contributed by atoms with Crippen LogP contribution in [0.1, 0.15) is 32.3 Å². The summed E-state index contributed by atoms with van der Waals surface area (Å²) in [6, 6.07) is 8.31. The summed E-state index contributed by atoms with van der Waals surface area (Å²) in [5.74, 6) is 1.38. The van der Waals surface area contributed by atoms with Gasteiger partial charge in [-0.2, -0.15) is 0 Å². The molecule has 0 heterocycles. The van der Waals surface area contributed by atoms with Crippen molar-refractivity contribution in [3.63, 3.8) is 0 Å². The van der Waals surface area contributed by atoms with Crippen molar-refractivity contribution in [2.45, 2.75) is 32.1 Å². The largest absolute Gasteiger partial charge is 0.494 e. The number of hydrogen-bond acceptors (Lipinski definition) is 2.